The first-order chi connectivity index (χ1) is 5.17. The van der Waals surface area contributed by atoms with E-state index in [0.29, 0.717) is 11.4 Å². The molecule has 0 saturated heterocycles. The molecular formula is C6H6N2O2S. The fourth-order valence-corrected chi connectivity index (χ4v) is 2.09. The number of hydrogen-bond donors (Lipinski definition) is 2. The van der Waals surface area contributed by atoms with E-state index in [1.165, 1.54) is 10.8 Å². The summed E-state index contributed by atoms with van der Waals surface area (Å²) in [7, 11) is -3.12. The Balaban J connectivity index is 2.54. The summed E-state index contributed by atoms with van der Waals surface area (Å²) in [6.07, 6.45) is 3.29. The molecule has 2 rings (SSSR count). The minimum Gasteiger partial charge on any atom is -0.358 e. The Morgan fingerprint density at radius 1 is 1.00 bits per heavy atom. The Kier molecular flexibility index (Phi) is 1.11. The van der Waals surface area contributed by atoms with Crippen LogP contribution in [0.5, 0.6) is 0 Å². The van der Waals surface area contributed by atoms with Crippen LogP contribution in [-0.2, 0) is 9.84 Å². The molecule has 0 atom stereocenters. The topological polar surface area (TPSA) is 58.2 Å². The van der Waals surface area contributed by atoms with Crippen LogP contribution < -0.4 is 10.6 Å². The third-order valence-electron chi connectivity index (χ3n) is 1.42. The standard InChI is InChI=1S/C6H6N2O2S/c9-11(10)3-5-6(4-11)8-2-1-7-5/h1-4,7-8H. The molecule has 0 fully saturated rings. The number of hydrogen-bond acceptors (Lipinski definition) is 4. The lowest BCUT2D eigenvalue weighted by Crippen LogP contribution is -2.20. The lowest BCUT2D eigenvalue weighted by molar-refractivity contribution is 0.613. The summed E-state index contributed by atoms with van der Waals surface area (Å²) in [5.41, 5.74) is 1.21. The largest absolute Gasteiger partial charge is 0.358 e. The van der Waals surface area contributed by atoms with Crippen molar-refractivity contribution < 1.29 is 8.42 Å². The Labute approximate surface area is 64.2 Å². The normalized spacial score (nSPS) is 24.4. The highest BCUT2D eigenvalue weighted by Gasteiger charge is 2.20. The van der Waals surface area contributed by atoms with Gasteiger partial charge < -0.3 is 10.6 Å². The SMILES string of the molecule is O=S1(=O)C=C2NC=CNC2=C1. The number of rotatable bonds is 0. The van der Waals surface area contributed by atoms with Gasteiger partial charge in [-0.05, 0) is 0 Å². The van der Waals surface area contributed by atoms with E-state index in [-0.39, 0.29) is 0 Å². The monoisotopic (exact) mass is 170 g/mol. The van der Waals surface area contributed by atoms with Crippen LogP contribution in [0.4, 0.5) is 0 Å². The quantitative estimate of drug-likeness (QED) is 0.527. The molecule has 0 aromatic carbocycles. The van der Waals surface area contributed by atoms with Crippen molar-refractivity contribution in [2.75, 3.05) is 0 Å². The molecule has 2 aliphatic heterocycles. The molecule has 11 heavy (non-hydrogen) atoms. The first kappa shape index (κ1) is 6.48. The van der Waals surface area contributed by atoms with Crippen LogP contribution in [0.25, 0.3) is 0 Å². The van der Waals surface area contributed by atoms with Crippen LogP contribution in [0, 0.1) is 0 Å². The Hall–Kier alpha value is -1.23. The summed E-state index contributed by atoms with van der Waals surface area (Å²) in [6.45, 7) is 0. The van der Waals surface area contributed by atoms with Gasteiger partial charge in [-0.1, -0.05) is 0 Å². The highest BCUT2D eigenvalue weighted by molar-refractivity contribution is 7.97. The van der Waals surface area contributed by atoms with Gasteiger partial charge in [0.1, 0.15) is 0 Å². The average molecular weight is 170 g/mol. The zero-order valence-electron chi connectivity index (χ0n) is 5.53. The smallest absolute Gasteiger partial charge is 0.197 e. The Morgan fingerprint density at radius 2 is 1.45 bits per heavy atom. The van der Waals surface area contributed by atoms with Gasteiger partial charge in [0.05, 0.1) is 22.2 Å². The van der Waals surface area contributed by atoms with Gasteiger partial charge in [0.2, 0.25) is 0 Å². The second-order valence-corrected chi connectivity index (χ2v) is 3.92. The van der Waals surface area contributed by atoms with Crippen molar-refractivity contribution in [3.8, 4) is 0 Å². The molecule has 0 aromatic heterocycles. The maximum atomic E-state index is 10.9. The molecule has 0 unspecified atom stereocenters. The van der Waals surface area contributed by atoms with Gasteiger partial charge in [0.25, 0.3) is 0 Å². The molecule has 58 valence electrons. The second kappa shape index (κ2) is 1.88. The van der Waals surface area contributed by atoms with Crippen molar-refractivity contribution in [1.29, 1.82) is 0 Å². The van der Waals surface area contributed by atoms with Gasteiger partial charge in [-0.15, -0.1) is 0 Å². The molecule has 2 N–H and O–H groups in total. The molecule has 0 spiro atoms. The average Bonchev–Trinajstić information content (AvgIpc) is 2.21. The van der Waals surface area contributed by atoms with E-state index in [9.17, 15) is 8.42 Å². The van der Waals surface area contributed by atoms with Gasteiger partial charge in [0.15, 0.2) is 9.84 Å². The molecule has 0 aromatic rings. The molecule has 0 radical (unpaired) electrons. The molecule has 5 heteroatoms. The highest BCUT2D eigenvalue weighted by atomic mass is 32.2. The molecule has 4 nitrogen and oxygen atoms in total. The van der Waals surface area contributed by atoms with E-state index >= 15 is 0 Å². The van der Waals surface area contributed by atoms with Crippen molar-refractivity contribution in [2.24, 2.45) is 0 Å². The van der Waals surface area contributed by atoms with E-state index in [1.54, 1.807) is 12.4 Å². The van der Waals surface area contributed by atoms with Gasteiger partial charge in [-0.2, -0.15) is 0 Å². The van der Waals surface area contributed by atoms with Crippen LogP contribution >= 0.6 is 0 Å². The van der Waals surface area contributed by atoms with Crippen LogP contribution in [0.3, 0.4) is 0 Å². The van der Waals surface area contributed by atoms with Gasteiger partial charge in [-0.3, -0.25) is 0 Å². The third-order valence-corrected chi connectivity index (χ3v) is 2.54. The molecule has 2 heterocycles. The maximum Gasteiger partial charge on any atom is 0.197 e. The summed E-state index contributed by atoms with van der Waals surface area (Å²) in [4.78, 5) is 0. The molecule has 0 amide bonds. The lowest BCUT2D eigenvalue weighted by Gasteiger charge is -2.11. The summed E-state index contributed by atoms with van der Waals surface area (Å²) in [5, 5.41) is 8.00. The summed E-state index contributed by atoms with van der Waals surface area (Å²) in [5.74, 6) is 0. The van der Waals surface area contributed by atoms with E-state index in [1.807, 2.05) is 0 Å². The first-order valence-electron chi connectivity index (χ1n) is 3.04. The number of fused-ring (bicyclic) bond motifs is 1. The van der Waals surface area contributed by atoms with E-state index in [0.717, 1.165) is 0 Å². The van der Waals surface area contributed by atoms with Crippen LogP contribution in [-0.4, -0.2) is 8.42 Å². The van der Waals surface area contributed by atoms with Gasteiger partial charge in [-0.25, -0.2) is 8.42 Å². The van der Waals surface area contributed by atoms with Gasteiger partial charge in [0, 0.05) is 12.4 Å². The summed E-state index contributed by atoms with van der Waals surface area (Å²) in [6, 6.07) is 0. The summed E-state index contributed by atoms with van der Waals surface area (Å²) < 4.78 is 21.9. The number of sulfone groups is 1. The van der Waals surface area contributed by atoms with E-state index in [2.05, 4.69) is 10.6 Å². The fourth-order valence-electron chi connectivity index (χ4n) is 0.976. The minimum atomic E-state index is -3.12. The second-order valence-electron chi connectivity index (χ2n) is 2.27. The minimum absolute atomic E-state index is 0.604. The molecule has 0 saturated carbocycles. The Morgan fingerprint density at radius 3 is 1.91 bits per heavy atom. The molecule has 0 aliphatic carbocycles. The predicted octanol–water partition coefficient (Wildman–Crippen LogP) is -0.238. The highest BCUT2D eigenvalue weighted by Crippen LogP contribution is 2.18. The van der Waals surface area contributed by atoms with Crippen LogP contribution in [0.15, 0.2) is 34.6 Å². The third kappa shape index (κ3) is 1.03. The van der Waals surface area contributed by atoms with Crippen molar-refractivity contribution in [2.45, 2.75) is 0 Å². The fraction of sp³-hybridized carbons (Fsp3) is 0. The zero-order valence-corrected chi connectivity index (χ0v) is 6.35. The summed E-state index contributed by atoms with van der Waals surface area (Å²) >= 11 is 0. The first-order valence-corrected chi connectivity index (χ1v) is 4.65. The lowest BCUT2D eigenvalue weighted by atomic mass is 10.3. The zero-order chi connectivity index (χ0) is 7.90. The van der Waals surface area contributed by atoms with E-state index < -0.39 is 9.84 Å². The maximum absolute atomic E-state index is 10.9. The van der Waals surface area contributed by atoms with Crippen molar-refractivity contribution in [3.63, 3.8) is 0 Å². The number of nitrogens with one attached hydrogen (secondary N) is 2. The molecule has 0 bridgehead atoms. The predicted molar refractivity (Wildman–Crippen MR) is 40.5 cm³/mol. The molecular weight excluding hydrogens is 164 g/mol. The van der Waals surface area contributed by atoms with Crippen LogP contribution in [0.1, 0.15) is 0 Å². The van der Waals surface area contributed by atoms with Crippen molar-refractivity contribution in [1.82, 2.24) is 10.6 Å². The van der Waals surface area contributed by atoms with E-state index in [4.69, 9.17) is 0 Å². The van der Waals surface area contributed by atoms with Gasteiger partial charge >= 0.3 is 0 Å². The van der Waals surface area contributed by atoms with Crippen molar-refractivity contribution >= 4 is 9.84 Å². The van der Waals surface area contributed by atoms with Crippen LogP contribution in [0.2, 0.25) is 0 Å². The van der Waals surface area contributed by atoms with Crippen molar-refractivity contribution in [3.05, 3.63) is 34.6 Å². The Bertz CT molecular complexity index is 345. The molecule has 2 aliphatic rings.